The molecule has 2 unspecified atom stereocenters. The number of aliphatic hydroxyl groups excluding tert-OH is 1. The van der Waals surface area contributed by atoms with Crippen LogP contribution in [-0.2, 0) is 9.47 Å². The van der Waals surface area contributed by atoms with E-state index in [-0.39, 0.29) is 12.2 Å². The van der Waals surface area contributed by atoms with Gasteiger partial charge >= 0.3 is 0 Å². The summed E-state index contributed by atoms with van der Waals surface area (Å²) in [6.45, 7) is 8.35. The standard InChI is InChI=1S/C14H30O3/c1-4-5-6-7-10-16-11-9-14(3)17-12-8-13(2)15/h13-15H,4-12H2,1-3H3. The summed E-state index contributed by atoms with van der Waals surface area (Å²) in [6.07, 6.45) is 6.63. The SMILES string of the molecule is CCCCCCOCCC(C)OCCC(C)O. The summed E-state index contributed by atoms with van der Waals surface area (Å²) in [4.78, 5) is 0. The number of ether oxygens (including phenoxy) is 2. The van der Waals surface area contributed by atoms with Gasteiger partial charge in [-0.05, 0) is 33.1 Å². The molecule has 0 aromatic heterocycles. The Kier molecular flexibility index (Phi) is 12.3. The maximum atomic E-state index is 9.08. The molecule has 0 rings (SSSR count). The summed E-state index contributed by atoms with van der Waals surface area (Å²) in [7, 11) is 0. The molecule has 0 aliphatic rings. The quantitative estimate of drug-likeness (QED) is 0.538. The van der Waals surface area contributed by atoms with Crippen molar-refractivity contribution >= 4 is 0 Å². The molecular formula is C14H30O3. The number of hydrogen-bond donors (Lipinski definition) is 1. The third kappa shape index (κ3) is 13.8. The number of aliphatic hydroxyl groups is 1. The van der Waals surface area contributed by atoms with Crippen LogP contribution in [0.4, 0.5) is 0 Å². The second-order valence-corrected chi connectivity index (χ2v) is 4.78. The van der Waals surface area contributed by atoms with E-state index in [4.69, 9.17) is 14.6 Å². The number of rotatable bonds is 12. The van der Waals surface area contributed by atoms with Crippen LogP contribution in [0, 0.1) is 0 Å². The monoisotopic (exact) mass is 246 g/mol. The van der Waals surface area contributed by atoms with Gasteiger partial charge in [0.1, 0.15) is 0 Å². The Labute approximate surface area is 107 Å². The highest BCUT2D eigenvalue weighted by molar-refractivity contribution is 4.52. The molecular weight excluding hydrogens is 216 g/mol. The minimum Gasteiger partial charge on any atom is -0.393 e. The van der Waals surface area contributed by atoms with E-state index < -0.39 is 0 Å². The van der Waals surface area contributed by atoms with E-state index in [1.807, 2.05) is 0 Å². The van der Waals surface area contributed by atoms with Gasteiger partial charge in [0, 0.05) is 19.8 Å². The van der Waals surface area contributed by atoms with E-state index in [0.29, 0.717) is 13.0 Å². The van der Waals surface area contributed by atoms with E-state index in [2.05, 4.69) is 13.8 Å². The molecule has 0 saturated carbocycles. The first-order valence-electron chi connectivity index (χ1n) is 7.04. The Morgan fingerprint density at radius 3 is 2.35 bits per heavy atom. The zero-order chi connectivity index (χ0) is 12.9. The van der Waals surface area contributed by atoms with Crippen LogP contribution in [0.3, 0.4) is 0 Å². The molecule has 0 bridgehead atoms. The highest BCUT2D eigenvalue weighted by Crippen LogP contribution is 2.02. The van der Waals surface area contributed by atoms with Gasteiger partial charge in [-0.2, -0.15) is 0 Å². The average Bonchev–Trinajstić information content (AvgIpc) is 2.27. The van der Waals surface area contributed by atoms with Crippen LogP contribution in [0.25, 0.3) is 0 Å². The molecule has 0 aliphatic carbocycles. The molecule has 3 nitrogen and oxygen atoms in total. The molecule has 0 aromatic carbocycles. The van der Waals surface area contributed by atoms with Crippen molar-refractivity contribution in [1.29, 1.82) is 0 Å². The van der Waals surface area contributed by atoms with Gasteiger partial charge < -0.3 is 14.6 Å². The molecule has 17 heavy (non-hydrogen) atoms. The van der Waals surface area contributed by atoms with Gasteiger partial charge in [0.2, 0.25) is 0 Å². The molecule has 0 radical (unpaired) electrons. The summed E-state index contributed by atoms with van der Waals surface area (Å²) < 4.78 is 11.1. The third-order valence-electron chi connectivity index (χ3n) is 2.75. The van der Waals surface area contributed by atoms with E-state index >= 15 is 0 Å². The molecule has 0 aromatic rings. The molecule has 0 fully saturated rings. The molecule has 0 aliphatic heterocycles. The largest absolute Gasteiger partial charge is 0.393 e. The van der Waals surface area contributed by atoms with E-state index in [9.17, 15) is 0 Å². The summed E-state index contributed by atoms with van der Waals surface area (Å²) in [5.41, 5.74) is 0. The van der Waals surface area contributed by atoms with Gasteiger partial charge in [0.25, 0.3) is 0 Å². The van der Waals surface area contributed by atoms with Crippen molar-refractivity contribution in [2.45, 2.75) is 71.5 Å². The molecule has 104 valence electrons. The van der Waals surface area contributed by atoms with Crippen LogP contribution in [0.2, 0.25) is 0 Å². The lowest BCUT2D eigenvalue weighted by Crippen LogP contribution is -2.15. The van der Waals surface area contributed by atoms with Crippen molar-refractivity contribution in [3.05, 3.63) is 0 Å². The molecule has 0 spiro atoms. The Morgan fingerprint density at radius 1 is 0.941 bits per heavy atom. The first-order valence-corrected chi connectivity index (χ1v) is 7.04. The predicted octanol–water partition coefficient (Wildman–Crippen LogP) is 3.15. The lowest BCUT2D eigenvalue weighted by molar-refractivity contribution is 0.0169. The topological polar surface area (TPSA) is 38.7 Å². The maximum Gasteiger partial charge on any atom is 0.0568 e. The van der Waals surface area contributed by atoms with E-state index in [1.54, 1.807) is 6.92 Å². The van der Waals surface area contributed by atoms with Gasteiger partial charge in [-0.3, -0.25) is 0 Å². The second kappa shape index (κ2) is 12.3. The number of unbranched alkanes of at least 4 members (excludes halogenated alkanes) is 3. The summed E-state index contributed by atoms with van der Waals surface area (Å²) >= 11 is 0. The highest BCUT2D eigenvalue weighted by atomic mass is 16.5. The van der Waals surface area contributed by atoms with Gasteiger partial charge in [-0.25, -0.2) is 0 Å². The van der Waals surface area contributed by atoms with Crippen molar-refractivity contribution in [3.8, 4) is 0 Å². The fourth-order valence-electron chi connectivity index (χ4n) is 1.51. The zero-order valence-corrected chi connectivity index (χ0v) is 11.8. The lowest BCUT2D eigenvalue weighted by atomic mass is 10.2. The Morgan fingerprint density at radius 2 is 1.71 bits per heavy atom. The molecule has 0 heterocycles. The summed E-state index contributed by atoms with van der Waals surface area (Å²) in [5.74, 6) is 0. The van der Waals surface area contributed by atoms with Crippen molar-refractivity contribution in [1.82, 2.24) is 0 Å². The Balaban J connectivity index is 3.13. The first kappa shape index (κ1) is 16.9. The smallest absolute Gasteiger partial charge is 0.0568 e. The number of hydrogen-bond acceptors (Lipinski definition) is 3. The van der Waals surface area contributed by atoms with Gasteiger partial charge in [-0.15, -0.1) is 0 Å². The van der Waals surface area contributed by atoms with Crippen LogP contribution >= 0.6 is 0 Å². The van der Waals surface area contributed by atoms with Crippen LogP contribution in [-0.4, -0.2) is 37.1 Å². The van der Waals surface area contributed by atoms with Crippen molar-refractivity contribution in [3.63, 3.8) is 0 Å². The Hall–Kier alpha value is -0.120. The van der Waals surface area contributed by atoms with Crippen molar-refractivity contribution < 1.29 is 14.6 Å². The fourth-order valence-corrected chi connectivity index (χ4v) is 1.51. The lowest BCUT2D eigenvalue weighted by Gasteiger charge is -2.13. The summed E-state index contributed by atoms with van der Waals surface area (Å²) in [6, 6.07) is 0. The Bertz CT molecular complexity index is 148. The minimum atomic E-state index is -0.267. The maximum absolute atomic E-state index is 9.08. The van der Waals surface area contributed by atoms with Crippen molar-refractivity contribution in [2.75, 3.05) is 19.8 Å². The minimum absolute atomic E-state index is 0.226. The van der Waals surface area contributed by atoms with E-state index in [1.165, 1.54) is 25.7 Å². The van der Waals surface area contributed by atoms with Crippen molar-refractivity contribution in [2.24, 2.45) is 0 Å². The normalized spacial score (nSPS) is 14.8. The molecule has 3 heteroatoms. The van der Waals surface area contributed by atoms with Gasteiger partial charge in [0.15, 0.2) is 0 Å². The molecule has 0 saturated heterocycles. The second-order valence-electron chi connectivity index (χ2n) is 4.78. The molecule has 0 amide bonds. The third-order valence-corrected chi connectivity index (χ3v) is 2.75. The average molecular weight is 246 g/mol. The van der Waals surface area contributed by atoms with Crippen LogP contribution in [0.15, 0.2) is 0 Å². The van der Waals surface area contributed by atoms with Crippen LogP contribution in [0.1, 0.15) is 59.3 Å². The van der Waals surface area contributed by atoms with Gasteiger partial charge in [-0.1, -0.05) is 26.2 Å². The van der Waals surface area contributed by atoms with Crippen LogP contribution in [0.5, 0.6) is 0 Å². The fraction of sp³-hybridized carbons (Fsp3) is 1.00. The highest BCUT2D eigenvalue weighted by Gasteiger charge is 2.03. The predicted molar refractivity (Wildman–Crippen MR) is 71.3 cm³/mol. The van der Waals surface area contributed by atoms with E-state index in [0.717, 1.165) is 19.6 Å². The zero-order valence-electron chi connectivity index (χ0n) is 11.8. The first-order chi connectivity index (χ1) is 8.16. The van der Waals surface area contributed by atoms with Crippen LogP contribution < -0.4 is 0 Å². The molecule has 1 N–H and O–H groups in total. The molecule has 2 atom stereocenters. The summed E-state index contributed by atoms with van der Waals surface area (Å²) in [5, 5.41) is 9.08. The van der Waals surface area contributed by atoms with Gasteiger partial charge in [0.05, 0.1) is 12.2 Å².